The molecule has 1 aromatic heterocycles. The Hall–Kier alpha value is -1.01. The van der Waals surface area contributed by atoms with Gasteiger partial charge in [0.05, 0.1) is 5.69 Å². The van der Waals surface area contributed by atoms with E-state index in [0.29, 0.717) is 12.3 Å². The Morgan fingerprint density at radius 3 is 3.00 bits per heavy atom. The van der Waals surface area contributed by atoms with Crippen LogP contribution in [0.1, 0.15) is 40.8 Å². The Labute approximate surface area is 110 Å². The molecule has 0 amide bonds. The van der Waals surface area contributed by atoms with Crippen LogP contribution in [-0.2, 0) is 13.0 Å². The van der Waals surface area contributed by atoms with Crippen LogP contribution in [0, 0.1) is 0 Å². The zero-order valence-electron chi connectivity index (χ0n) is 10.1. The summed E-state index contributed by atoms with van der Waals surface area (Å²) in [5, 5.41) is 9.26. The second kappa shape index (κ2) is 4.59. The Bertz CT molecular complexity index is 480. The summed E-state index contributed by atoms with van der Waals surface area (Å²) in [4.78, 5) is 15.7. The highest BCUT2D eigenvalue weighted by Crippen LogP contribution is 2.34. The summed E-state index contributed by atoms with van der Waals surface area (Å²) >= 11 is 1.92. The molecule has 1 saturated heterocycles. The fourth-order valence-electron chi connectivity index (χ4n) is 2.83. The number of aromatic carboxylic acids is 1. The van der Waals surface area contributed by atoms with E-state index in [-0.39, 0.29) is 11.7 Å². The molecule has 18 heavy (non-hydrogen) atoms. The van der Waals surface area contributed by atoms with Crippen molar-refractivity contribution in [2.24, 2.45) is 5.73 Å². The van der Waals surface area contributed by atoms with Crippen molar-refractivity contribution in [1.82, 2.24) is 9.55 Å². The van der Waals surface area contributed by atoms with E-state index in [1.54, 1.807) is 0 Å². The maximum atomic E-state index is 11.3. The van der Waals surface area contributed by atoms with Gasteiger partial charge < -0.3 is 15.4 Å². The molecule has 0 radical (unpaired) electrons. The number of rotatable bonds is 2. The van der Waals surface area contributed by atoms with E-state index in [2.05, 4.69) is 9.55 Å². The quantitative estimate of drug-likeness (QED) is 0.838. The molecule has 2 atom stereocenters. The molecule has 3 rings (SSSR count). The average Bonchev–Trinajstić information content (AvgIpc) is 2.93. The lowest BCUT2D eigenvalue weighted by atomic mass is 10.0. The summed E-state index contributed by atoms with van der Waals surface area (Å²) in [7, 11) is 0. The van der Waals surface area contributed by atoms with Gasteiger partial charge in [0.25, 0.3) is 0 Å². The summed E-state index contributed by atoms with van der Waals surface area (Å²) in [6, 6.07) is 0.0677. The highest BCUT2D eigenvalue weighted by Gasteiger charge is 2.31. The number of hydrogen-bond acceptors (Lipinski definition) is 4. The number of nitrogens with two attached hydrogens (primary N) is 1. The number of imidazole rings is 1. The summed E-state index contributed by atoms with van der Waals surface area (Å²) in [5.74, 6) is 2.66. The molecule has 98 valence electrons. The molecule has 0 aromatic carbocycles. The van der Waals surface area contributed by atoms with Crippen molar-refractivity contribution in [3.8, 4) is 0 Å². The number of carboxylic acid groups (broad SMARTS) is 1. The fourth-order valence-corrected chi connectivity index (χ4v) is 4.05. The minimum absolute atomic E-state index is 0.0677. The van der Waals surface area contributed by atoms with Crippen molar-refractivity contribution < 1.29 is 9.90 Å². The van der Waals surface area contributed by atoms with Crippen LogP contribution in [0.3, 0.4) is 0 Å². The van der Waals surface area contributed by atoms with Gasteiger partial charge >= 0.3 is 5.97 Å². The van der Waals surface area contributed by atoms with Crippen molar-refractivity contribution in [1.29, 1.82) is 0 Å². The van der Waals surface area contributed by atoms with Gasteiger partial charge in [-0.2, -0.15) is 11.8 Å². The van der Waals surface area contributed by atoms with E-state index in [4.69, 9.17) is 5.73 Å². The van der Waals surface area contributed by atoms with Crippen molar-refractivity contribution in [2.45, 2.75) is 37.8 Å². The first-order valence-electron chi connectivity index (χ1n) is 6.32. The zero-order chi connectivity index (χ0) is 12.7. The highest BCUT2D eigenvalue weighted by atomic mass is 32.2. The van der Waals surface area contributed by atoms with Gasteiger partial charge in [0.1, 0.15) is 5.82 Å². The van der Waals surface area contributed by atoms with Crippen molar-refractivity contribution >= 4 is 17.7 Å². The lowest BCUT2D eigenvalue weighted by Gasteiger charge is -2.23. The largest absolute Gasteiger partial charge is 0.476 e. The van der Waals surface area contributed by atoms with Crippen LogP contribution in [0.2, 0.25) is 0 Å². The molecule has 2 aliphatic heterocycles. The van der Waals surface area contributed by atoms with Crippen LogP contribution in [0.25, 0.3) is 0 Å². The first kappa shape index (κ1) is 12.0. The first-order chi connectivity index (χ1) is 8.66. The molecular weight excluding hydrogens is 250 g/mol. The van der Waals surface area contributed by atoms with E-state index < -0.39 is 5.97 Å². The summed E-state index contributed by atoms with van der Waals surface area (Å²) in [6.45, 7) is 0.813. The van der Waals surface area contributed by atoms with Gasteiger partial charge in [-0.15, -0.1) is 0 Å². The Morgan fingerprint density at radius 1 is 1.50 bits per heavy atom. The zero-order valence-corrected chi connectivity index (χ0v) is 10.9. The average molecular weight is 267 g/mol. The molecular formula is C12H17N3O2S. The van der Waals surface area contributed by atoms with Gasteiger partial charge in [-0.3, -0.25) is 0 Å². The van der Waals surface area contributed by atoms with E-state index in [9.17, 15) is 9.90 Å². The molecule has 5 nitrogen and oxygen atoms in total. The maximum absolute atomic E-state index is 11.3. The second-order valence-corrected chi connectivity index (χ2v) is 6.19. The minimum atomic E-state index is -0.926. The molecule has 1 aromatic rings. The molecule has 3 N–H and O–H groups in total. The molecule has 0 aliphatic carbocycles. The van der Waals surface area contributed by atoms with Crippen molar-refractivity contribution in [2.75, 3.05) is 11.5 Å². The van der Waals surface area contributed by atoms with E-state index in [0.717, 1.165) is 42.4 Å². The predicted octanol–water partition coefficient (Wildman–Crippen LogP) is 1.08. The van der Waals surface area contributed by atoms with Gasteiger partial charge in [0.2, 0.25) is 0 Å². The Kier molecular flexibility index (Phi) is 3.07. The third-order valence-corrected chi connectivity index (χ3v) is 4.94. The first-order valence-corrected chi connectivity index (χ1v) is 7.48. The number of carboxylic acids is 1. The van der Waals surface area contributed by atoms with Crippen molar-refractivity contribution in [3.05, 3.63) is 17.2 Å². The molecule has 0 spiro atoms. The van der Waals surface area contributed by atoms with E-state index in [1.165, 1.54) is 0 Å². The fraction of sp³-hybridized carbons (Fsp3) is 0.667. The maximum Gasteiger partial charge on any atom is 0.356 e. The number of carbonyl (C=O) groups is 1. The topological polar surface area (TPSA) is 81.1 Å². The predicted molar refractivity (Wildman–Crippen MR) is 70.2 cm³/mol. The smallest absolute Gasteiger partial charge is 0.356 e. The van der Waals surface area contributed by atoms with Gasteiger partial charge in [-0.05, 0) is 18.6 Å². The number of hydrogen-bond donors (Lipinski definition) is 2. The number of thioether (sulfide) groups is 1. The summed E-state index contributed by atoms with van der Waals surface area (Å²) in [5.41, 5.74) is 6.99. The lowest BCUT2D eigenvalue weighted by molar-refractivity contribution is 0.0689. The van der Waals surface area contributed by atoms with E-state index in [1.807, 2.05) is 11.8 Å². The molecule has 3 heterocycles. The normalized spacial score (nSPS) is 27.2. The summed E-state index contributed by atoms with van der Waals surface area (Å²) in [6.07, 6.45) is 2.65. The molecule has 0 bridgehead atoms. The van der Waals surface area contributed by atoms with Crippen LogP contribution in [0.5, 0.6) is 0 Å². The molecule has 2 aliphatic rings. The Morgan fingerprint density at radius 2 is 2.33 bits per heavy atom. The van der Waals surface area contributed by atoms with Crippen LogP contribution in [0.4, 0.5) is 0 Å². The number of aromatic nitrogens is 2. The van der Waals surface area contributed by atoms with Crippen LogP contribution < -0.4 is 5.73 Å². The third-order valence-electron chi connectivity index (χ3n) is 3.78. The van der Waals surface area contributed by atoms with Crippen LogP contribution >= 0.6 is 11.8 Å². The van der Waals surface area contributed by atoms with Gasteiger partial charge in [0, 0.05) is 30.7 Å². The van der Waals surface area contributed by atoms with Gasteiger partial charge in [-0.1, -0.05) is 0 Å². The highest BCUT2D eigenvalue weighted by molar-refractivity contribution is 7.99. The molecule has 1 fully saturated rings. The monoisotopic (exact) mass is 267 g/mol. The molecule has 2 unspecified atom stereocenters. The van der Waals surface area contributed by atoms with Crippen molar-refractivity contribution in [3.63, 3.8) is 0 Å². The number of fused-ring (bicyclic) bond motifs is 1. The second-order valence-electron chi connectivity index (χ2n) is 5.04. The standard InChI is InChI=1S/C12H17N3O2S/c13-8-1-3-15-9(5-8)10(12(16)17)14-11(15)7-2-4-18-6-7/h7-8H,1-6,13H2,(H,16,17). The lowest BCUT2D eigenvalue weighted by Crippen LogP contribution is -2.32. The SMILES string of the molecule is NC1CCn2c(C3CCSC3)nc(C(=O)O)c2C1. The third kappa shape index (κ3) is 1.93. The van der Waals surface area contributed by atoms with E-state index >= 15 is 0 Å². The summed E-state index contributed by atoms with van der Waals surface area (Å²) < 4.78 is 2.11. The van der Waals surface area contributed by atoms with Crippen LogP contribution in [0.15, 0.2) is 0 Å². The van der Waals surface area contributed by atoms with Gasteiger partial charge in [0.15, 0.2) is 5.69 Å². The molecule has 6 heteroatoms. The van der Waals surface area contributed by atoms with Crippen LogP contribution in [-0.4, -0.2) is 38.2 Å². The number of nitrogens with zero attached hydrogens (tertiary/aromatic N) is 2. The van der Waals surface area contributed by atoms with Gasteiger partial charge in [-0.25, -0.2) is 9.78 Å². The minimum Gasteiger partial charge on any atom is -0.476 e. The Balaban J connectivity index is 2.04. The molecule has 0 saturated carbocycles.